The number of hydrogen-bond acceptors (Lipinski definition) is 3. The van der Waals surface area contributed by atoms with Crippen molar-refractivity contribution in [2.24, 2.45) is 5.92 Å². The lowest BCUT2D eigenvalue weighted by molar-refractivity contribution is 0.176. The lowest BCUT2D eigenvalue weighted by Gasteiger charge is -2.22. The van der Waals surface area contributed by atoms with Crippen LogP contribution in [0.5, 0.6) is 0 Å². The highest BCUT2D eigenvalue weighted by atomic mass is 35.5. The van der Waals surface area contributed by atoms with Crippen molar-refractivity contribution < 1.29 is 4.74 Å². The van der Waals surface area contributed by atoms with Crippen LogP contribution in [0.25, 0.3) is 0 Å². The predicted molar refractivity (Wildman–Crippen MR) is 64.6 cm³/mol. The second kappa shape index (κ2) is 5.62. The van der Waals surface area contributed by atoms with Crippen LogP contribution in [0.2, 0.25) is 5.02 Å². The molecule has 0 bridgehead atoms. The van der Waals surface area contributed by atoms with E-state index in [9.17, 15) is 0 Å². The lowest BCUT2D eigenvalue weighted by atomic mass is 9.95. The Balaban J connectivity index is 2.14. The molecule has 2 atom stereocenters. The van der Waals surface area contributed by atoms with Gasteiger partial charge in [-0.05, 0) is 25.1 Å². The summed E-state index contributed by atoms with van der Waals surface area (Å²) in [5, 5.41) is 4.16. The third-order valence-electron chi connectivity index (χ3n) is 2.93. The number of ether oxygens (including phenoxy) is 1. The van der Waals surface area contributed by atoms with Crippen LogP contribution in [0.4, 0.5) is 0 Å². The van der Waals surface area contributed by atoms with E-state index in [-0.39, 0.29) is 6.04 Å². The van der Waals surface area contributed by atoms with Crippen molar-refractivity contribution in [2.75, 3.05) is 19.8 Å². The zero-order valence-electron chi connectivity index (χ0n) is 9.45. The third kappa shape index (κ3) is 2.73. The fourth-order valence-corrected chi connectivity index (χ4v) is 2.23. The Bertz CT molecular complexity index is 322. The van der Waals surface area contributed by atoms with E-state index < -0.39 is 0 Å². The van der Waals surface area contributed by atoms with Crippen molar-refractivity contribution in [1.29, 1.82) is 0 Å². The smallest absolute Gasteiger partial charge is 0.0589 e. The maximum atomic E-state index is 5.85. The molecule has 1 saturated heterocycles. The Hall–Kier alpha value is -0.640. The molecule has 1 fully saturated rings. The first-order chi connectivity index (χ1) is 7.81. The van der Waals surface area contributed by atoms with E-state index in [0.29, 0.717) is 10.9 Å². The number of pyridine rings is 1. The molecule has 2 heterocycles. The molecule has 0 spiro atoms. The monoisotopic (exact) mass is 240 g/mol. The Morgan fingerprint density at radius 3 is 3.06 bits per heavy atom. The molecular formula is C12H17ClN2O. The normalized spacial score (nSPS) is 22.2. The zero-order valence-corrected chi connectivity index (χ0v) is 10.2. The fraction of sp³-hybridized carbons (Fsp3) is 0.583. The molecule has 0 aliphatic carbocycles. The van der Waals surface area contributed by atoms with Crippen molar-refractivity contribution >= 4 is 11.6 Å². The maximum Gasteiger partial charge on any atom is 0.0589 e. The largest absolute Gasteiger partial charge is 0.381 e. The lowest BCUT2D eigenvalue weighted by Crippen LogP contribution is -2.29. The molecule has 3 nitrogen and oxygen atoms in total. The summed E-state index contributed by atoms with van der Waals surface area (Å²) >= 11 is 5.85. The molecule has 2 rings (SSSR count). The molecule has 1 aliphatic heterocycles. The highest BCUT2D eigenvalue weighted by Crippen LogP contribution is 2.27. The molecule has 88 valence electrons. The number of hydrogen-bond donors (Lipinski definition) is 1. The van der Waals surface area contributed by atoms with E-state index in [1.54, 1.807) is 6.20 Å². The Kier molecular flexibility index (Phi) is 4.16. The molecule has 1 N–H and O–H groups in total. The van der Waals surface area contributed by atoms with Gasteiger partial charge < -0.3 is 10.1 Å². The molecule has 0 radical (unpaired) electrons. The quantitative estimate of drug-likeness (QED) is 0.878. The minimum atomic E-state index is 0.282. The maximum absolute atomic E-state index is 5.85. The molecule has 1 aromatic rings. The molecule has 2 unspecified atom stereocenters. The summed E-state index contributed by atoms with van der Waals surface area (Å²) < 4.78 is 5.44. The summed E-state index contributed by atoms with van der Waals surface area (Å²) in [5.41, 5.74) is 1.06. The average Bonchev–Trinajstić information content (AvgIpc) is 2.81. The summed E-state index contributed by atoms with van der Waals surface area (Å²) in [7, 11) is 0. The second-order valence-corrected chi connectivity index (χ2v) is 4.50. The second-order valence-electron chi connectivity index (χ2n) is 4.06. The van der Waals surface area contributed by atoms with Crippen molar-refractivity contribution in [2.45, 2.75) is 19.4 Å². The highest BCUT2D eigenvalue weighted by molar-refractivity contribution is 6.30. The van der Waals surface area contributed by atoms with E-state index in [1.165, 1.54) is 0 Å². The van der Waals surface area contributed by atoms with E-state index in [4.69, 9.17) is 16.3 Å². The van der Waals surface area contributed by atoms with Crippen molar-refractivity contribution in [3.63, 3.8) is 0 Å². The first-order valence-corrected chi connectivity index (χ1v) is 6.11. The average molecular weight is 241 g/mol. The topological polar surface area (TPSA) is 34.2 Å². The van der Waals surface area contributed by atoms with Crippen LogP contribution in [0, 0.1) is 5.92 Å². The van der Waals surface area contributed by atoms with Gasteiger partial charge in [0.1, 0.15) is 0 Å². The summed E-state index contributed by atoms with van der Waals surface area (Å²) in [5.74, 6) is 0.522. The van der Waals surface area contributed by atoms with Crippen molar-refractivity contribution in [3.05, 3.63) is 29.0 Å². The van der Waals surface area contributed by atoms with E-state index in [2.05, 4.69) is 17.2 Å². The van der Waals surface area contributed by atoms with Crippen LogP contribution in [-0.2, 0) is 4.74 Å². The first-order valence-electron chi connectivity index (χ1n) is 5.74. The van der Waals surface area contributed by atoms with Gasteiger partial charge in [-0.1, -0.05) is 18.5 Å². The number of halogens is 1. The fourth-order valence-electron chi connectivity index (χ4n) is 2.12. The van der Waals surface area contributed by atoms with Crippen molar-refractivity contribution in [1.82, 2.24) is 10.3 Å². The summed E-state index contributed by atoms with van der Waals surface area (Å²) in [4.78, 5) is 4.39. The standard InChI is InChI=1S/C12H17ClN2O/c1-2-14-12(9-5-6-16-8-9)11-4-3-10(13)7-15-11/h3-4,7,9,12,14H,2,5-6,8H2,1H3. The van der Waals surface area contributed by atoms with Crippen LogP contribution in [0.15, 0.2) is 18.3 Å². The zero-order chi connectivity index (χ0) is 11.4. The van der Waals surface area contributed by atoms with Gasteiger partial charge >= 0.3 is 0 Å². The summed E-state index contributed by atoms with van der Waals surface area (Å²) in [6.07, 6.45) is 2.80. The molecule has 1 aliphatic rings. The molecule has 0 saturated carbocycles. The van der Waals surface area contributed by atoms with Crippen molar-refractivity contribution in [3.8, 4) is 0 Å². The highest BCUT2D eigenvalue weighted by Gasteiger charge is 2.27. The number of nitrogens with one attached hydrogen (secondary N) is 1. The van der Waals surface area contributed by atoms with Crippen LogP contribution in [-0.4, -0.2) is 24.7 Å². The van der Waals surface area contributed by atoms with Crippen LogP contribution in [0.3, 0.4) is 0 Å². The van der Waals surface area contributed by atoms with Gasteiger partial charge in [-0.3, -0.25) is 4.98 Å². The Labute approximate surface area is 101 Å². The predicted octanol–water partition coefficient (Wildman–Crippen LogP) is 2.42. The molecule has 0 amide bonds. The van der Waals surface area contributed by atoms with Gasteiger partial charge in [-0.25, -0.2) is 0 Å². The SMILES string of the molecule is CCNC(c1ccc(Cl)cn1)C1CCOC1. The minimum absolute atomic E-state index is 0.282. The first kappa shape index (κ1) is 11.8. The van der Waals surface area contributed by atoms with Gasteiger partial charge in [-0.2, -0.15) is 0 Å². The van der Waals surface area contributed by atoms with Crippen LogP contribution < -0.4 is 5.32 Å². The van der Waals surface area contributed by atoms with Gasteiger partial charge in [0.15, 0.2) is 0 Å². The Morgan fingerprint density at radius 2 is 2.50 bits per heavy atom. The van der Waals surface area contributed by atoms with Crippen LogP contribution in [0.1, 0.15) is 25.1 Å². The van der Waals surface area contributed by atoms with Gasteiger partial charge in [0.25, 0.3) is 0 Å². The number of nitrogens with zero attached hydrogens (tertiary/aromatic N) is 1. The van der Waals surface area contributed by atoms with Gasteiger partial charge in [0.05, 0.1) is 23.4 Å². The number of rotatable bonds is 4. The molecule has 4 heteroatoms. The molecule has 1 aromatic heterocycles. The Morgan fingerprint density at radius 1 is 1.62 bits per heavy atom. The third-order valence-corrected chi connectivity index (χ3v) is 3.15. The number of aromatic nitrogens is 1. The van der Waals surface area contributed by atoms with E-state index >= 15 is 0 Å². The summed E-state index contributed by atoms with van der Waals surface area (Å²) in [6.45, 7) is 4.73. The van der Waals surface area contributed by atoms with Crippen LogP contribution >= 0.6 is 11.6 Å². The molecule has 0 aromatic carbocycles. The van der Waals surface area contributed by atoms with E-state index in [1.807, 2.05) is 12.1 Å². The molecular weight excluding hydrogens is 224 g/mol. The van der Waals surface area contributed by atoms with Gasteiger partial charge in [0.2, 0.25) is 0 Å². The summed E-state index contributed by atoms with van der Waals surface area (Å²) in [6, 6.07) is 4.17. The van der Waals surface area contributed by atoms with Gasteiger partial charge in [-0.15, -0.1) is 0 Å². The van der Waals surface area contributed by atoms with E-state index in [0.717, 1.165) is 31.9 Å². The minimum Gasteiger partial charge on any atom is -0.381 e. The van der Waals surface area contributed by atoms with Gasteiger partial charge in [0, 0.05) is 18.7 Å². The molecule has 16 heavy (non-hydrogen) atoms.